The number of nitrogens with one attached hydrogen (secondary N) is 1. The minimum atomic E-state index is -1.47. The second-order valence-corrected chi connectivity index (χ2v) is 4.15. The molecule has 0 saturated carbocycles. The van der Waals surface area contributed by atoms with E-state index >= 15 is 0 Å². The highest BCUT2D eigenvalue weighted by Gasteiger charge is 2.17. The molecule has 0 fully saturated rings. The average molecular weight is 314 g/mol. The Kier molecular flexibility index (Phi) is 2.83. The largest absolute Gasteiger partial charge is 0.476 e. The smallest absolute Gasteiger partial charge is 0.360 e. The predicted octanol–water partition coefficient (Wildman–Crippen LogP) is 1.29. The molecule has 0 aliphatic rings. The summed E-state index contributed by atoms with van der Waals surface area (Å²) in [6, 6.07) is 2.38. The number of nitrogens with zero attached hydrogens (tertiary/aromatic N) is 2. The summed E-state index contributed by atoms with van der Waals surface area (Å²) in [7, 11) is 0. The van der Waals surface area contributed by atoms with Crippen molar-refractivity contribution in [2.75, 3.05) is 0 Å². The number of H-pyrrole nitrogens is 1. The monoisotopic (exact) mass is 313 g/mol. The van der Waals surface area contributed by atoms with Crippen molar-refractivity contribution in [1.82, 2.24) is 9.97 Å². The molecule has 0 aliphatic heterocycles. The van der Waals surface area contributed by atoms with E-state index in [0.717, 1.165) is 6.07 Å². The molecule has 0 saturated heterocycles. The van der Waals surface area contributed by atoms with E-state index in [2.05, 4.69) is 25.9 Å². The number of carboxylic acids is 1. The summed E-state index contributed by atoms with van der Waals surface area (Å²) in [6.45, 7) is 0. The Morgan fingerprint density at radius 2 is 2.17 bits per heavy atom. The fraction of sp³-hybridized carbons (Fsp3) is 0. The minimum Gasteiger partial charge on any atom is -0.476 e. The summed E-state index contributed by atoms with van der Waals surface area (Å²) in [5.74, 6) is -1.47. The predicted molar refractivity (Wildman–Crippen MR) is 63.7 cm³/mol. The molecular formula is C9H4BrN3O5. The Morgan fingerprint density at radius 1 is 1.50 bits per heavy atom. The summed E-state index contributed by atoms with van der Waals surface area (Å²) in [5, 5.41) is 19.4. The fourth-order valence-electron chi connectivity index (χ4n) is 1.38. The van der Waals surface area contributed by atoms with Crippen molar-refractivity contribution in [2.24, 2.45) is 0 Å². The zero-order valence-electron chi connectivity index (χ0n) is 8.51. The van der Waals surface area contributed by atoms with E-state index in [-0.39, 0.29) is 21.2 Å². The van der Waals surface area contributed by atoms with Crippen LogP contribution in [0.2, 0.25) is 0 Å². The van der Waals surface area contributed by atoms with Gasteiger partial charge in [-0.25, -0.2) is 9.78 Å². The standard InChI is InChI=1S/C9H4BrN3O5/c10-3-1-4-5(2-6(3)13(17)18)12-8(14)7(11-4)9(15)16/h1-2H,(H,12,14)(H,15,16). The molecule has 0 aliphatic carbocycles. The fourth-order valence-corrected chi connectivity index (χ4v) is 1.86. The van der Waals surface area contributed by atoms with Crippen molar-refractivity contribution < 1.29 is 14.8 Å². The SMILES string of the molecule is O=C(O)c1nc2cc(Br)c([N+](=O)[O-])cc2[nH]c1=O. The van der Waals surface area contributed by atoms with Gasteiger partial charge in [-0.05, 0) is 22.0 Å². The van der Waals surface area contributed by atoms with Crippen LogP contribution in [0, 0.1) is 10.1 Å². The lowest BCUT2D eigenvalue weighted by atomic mass is 10.2. The number of benzene rings is 1. The van der Waals surface area contributed by atoms with Gasteiger partial charge >= 0.3 is 5.97 Å². The van der Waals surface area contributed by atoms with E-state index in [1.807, 2.05) is 0 Å². The number of halogens is 1. The summed E-state index contributed by atoms with van der Waals surface area (Å²) in [6.07, 6.45) is 0. The number of carbonyl (C=O) groups is 1. The summed E-state index contributed by atoms with van der Waals surface area (Å²) >= 11 is 2.98. The van der Waals surface area contributed by atoms with E-state index in [4.69, 9.17) is 5.11 Å². The first-order chi connectivity index (χ1) is 8.40. The third-order valence-corrected chi connectivity index (χ3v) is 2.80. The molecule has 1 heterocycles. The van der Waals surface area contributed by atoms with Gasteiger partial charge in [0.05, 0.1) is 20.4 Å². The number of hydrogen-bond acceptors (Lipinski definition) is 5. The molecule has 0 spiro atoms. The quantitative estimate of drug-likeness (QED) is 0.635. The molecule has 92 valence electrons. The molecule has 2 N–H and O–H groups in total. The van der Waals surface area contributed by atoms with Crippen molar-refractivity contribution in [2.45, 2.75) is 0 Å². The highest BCUT2D eigenvalue weighted by Crippen LogP contribution is 2.27. The molecule has 0 atom stereocenters. The highest BCUT2D eigenvalue weighted by molar-refractivity contribution is 9.10. The number of nitro benzene ring substituents is 1. The van der Waals surface area contributed by atoms with Crippen LogP contribution in [0.5, 0.6) is 0 Å². The molecule has 1 aromatic heterocycles. The van der Waals surface area contributed by atoms with Crippen molar-refractivity contribution in [3.63, 3.8) is 0 Å². The summed E-state index contributed by atoms with van der Waals surface area (Å²) < 4.78 is 0.149. The van der Waals surface area contributed by atoms with Crippen LogP contribution in [0.15, 0.2) is 21.4 Å². The number of aromatic nitrogens is 2. The van der Waals surface area contributed by atoms with Gasteiger partial charge in [-0.1, -0.05) is 0 Å². The van der Waals surface area contributed by atoms with Gasteiger partial charge in [0.1, 0.15) is 0 Å². The van der Waals surface area contributed by atoms with E-state index in [1.165, 1.54) is 6.07 Å². The summed E-state index contributed by atoms with van der Waals surface area (Å²) in [4.78, 5) is 38.0. The Hall–Kier alpha value is -2.29. The third-order valence-electron chi connectivity index (χ3n) is 2.16. The van der Waals surface area contributed by atoms with E-state index in [1.54, 1.807) is 0 Å². The summed E-state index contributed by atoms with van der Waals surface area (Å²) in [5.41, 5.74) is -1.58. The van der Waals surface area contributed by atoms with E-state index in [0.29, 0.717) is 0 Å². The topological polar surface area (TPSA) is 126 Å². The molecule has 0 unspecified atom stereocenters. The van der Waals surface area contributed by atoms with Gasteiger partial charge < -0.3 is 10.1 Å². The Bertz CT molecular complexity index is 739. The first-order valence-electron chi connectivity index (χ1n) is 4.51. The molecule has 2 aromatic rings. The van der Waals surface area contributed by atoms with Gasteiger partial charge in [0.25, 0.3) is 11.2 Å². The molecule has 2 rings (SSSR count). The van der Waals surface area contributed by atoms with E-state index in [9.17, 15) is 19.7 Å². The molecular weight excluding hydrogens is 310 g/mol. The highest BCUT2D eigenvalue weighted by atomic mass is 79.9. The van der Waals surface area contributed by atoms with Gasteiger partial charge in [0, 0.05) is 6.07 Å². The van der Waals surface area contributed by atoms with Crippen LogP contribution in [0.4, 0.5) is 5.69 Å². The molecule has 1 aromatic carbocycles. The van der Waals surface area contributed by atoms with Crippen molar-refractivity contribution in [3.8, 4) is 0 Å². The maximum Gasteiger partial charge on any atom is 0.360 e. The van der Waals surface area contributed by atoms with Crippen molar-refractivity contribution in [1.29, 1.82) is 0 Å². The maximum absolute atomic E-state index is 11.4. The lowest BCUT2D eigenvalue weighted by molar-refractivity contribution is -0.385. The number of hydrogen-bond donors (Lipinski definition) is 2. The van der Waals surface area contributed by atoms with Crippen LogP contribution in [0.1, 0.15) is 10.5 Å². The number of carboxylic acid groups (broad SMARTS) is 1. The minimum absolute atomic E-state index is 0.0971. The molecule has 0 bridgehead atoms. The van der Waals surface area contributed by atoms with Crippen LogP contribution in [0.3, 0.4) is 0 Å². The molecule has 0 radical (unpaired) electrons. The molecule has 8 nitrogen and oxygen atoms in total. The van der Waals surface area contributed by atoms with Gasteiger partial charge in [-0.2, -0.15) is 0 Å². The molecule has 0 amide bonds. The van der Waals surface area contributed by atoms with Crippen molar-refractivity contribution in [3.05, 3.63) is 42.8 Å². The number of nitro groups is 1. The zero-order valence-corrected chi connectivity index (χ0v) is 10.1. The normalized spacial score (nSPS) is 10.5. The lowest BCUT2D eigenvalue weighted by Crippen LogP contribution is -2.19. The Balaban J connectivity index is 2.82. The first-order valence-corrected chi connectivity index (χ1v) is 5.30. The van der Waals surface area contributed by atoms with Crippen LogP contribution >= 0.6 is 15.9 Å². The number of fused-ring (bicyclic) bond motifs is 1. The van der Waals surface area contributed by atoms with Gasteiger partial charge in [0.15, 0.2) is 0 Å². The van der Waals surface area contributed by atoms with Crippen molar-refractivity contribution >= 4 is 38.6 Å². The molecule has 9 heteroatoms. The molecule has 18 heavy (non-hydrogen) atoms. The van der Waals surface area contributed by atoms with E-state index < -0.39 is 22.1 Å². The van der Waals surface area contributed by atoms with Crippen LogP contribution in [-0.4, -0.2) is 26.0 Å². The van der Waals surface area contributed by atoms with Gasteiger partial charge in [-0.3, -0.25) is 14.9 Å². The van der Waals surface area contributed by atoms with Crippen LogP contribution in [-0.2, 0) is 0 Å². The number of rotatable bonds is 2. The number of aromatic carboxylic acids is 1. The van der Waals surface area contributed by atoms with Crippen LogP contribution < -0.4 is 5.56 Å². The number of aromatic amines is 1. The first kappa shape index (κ1) is 12.2. The lowest BCUT2D eigenvalue weighted by Gasteiger charge is -2.01. The Morgan fingerprint density at radius 3 is 2.72 bits per heavy atom. The third kappa shape index (κ3) is 1.95. The Labute approximate surface area is 107 Å². The second kappa shape index (κ2) is 4.18. The maximum atomic E-state index is 11.4. The van der Waals surface area contributed by atoms with Gasteiger partial charge in [-0.15, -0.1) is 0 Å². The zero-order chi connectivity index (χ0) is 13.4. The average Bonchev–Trinajstić information content (AvgIpc) is 2.27. The van der Waals surface area contributed by atoms with Gasteiger partial charge in [0.2, 0.25) is 5.69 Å². The van der Waals surface area contributed by atoms with Crippen LogP contribution in [0.25, 0.3) is 11.0 Å². The second-order valence-electron chi connectivity index (χ2n) is 3.30.